The summed E-state index contributed by atoms with van der Waals surface area (Å²) in [5, 5.41) is 11.0. The largest absolute Gasteiger partial charge is 0.413 e. The van der Waals surface area contributed by atoms with Gasteiger partial charge in [-0.1, -0.05) is 53.7 Å². The summed E-state index contributed by atoms with van der Waals surface area (Å²) in [6.07, 6.45) is 4.01. The van der Waals surface area contributed by atoms with Crippen molar-refractivity contribution in [2.24, 2.45) is 29.1 Å². The lowest BCUT2D eigenvalue weighted by molar-refractivity contribution is -0.298. The summed E-state index contributed by atoms with van der Waals surface area (Å²) in [7, 11) is -1.98. The smallest absolute Gasteiger partial charge is 0.192 e. The molecule has 4 nitrogen and oxygen atoms in total. The normalized spacial score (nSPS) is 34.4. The lowest BCUT2D eigenvalue weighted by Crippen LogP contribution is -2.47. The maximum Gasteiger partial charge on any atom is 0.192 e. The zero-order valence-corrected chi connectivity index (χ0v) is 23.3. The lowest BCUT2D eigenvalue weighted by Gasteiger charge is -2.43. The summed E-state index contributed by atoms with van der Waals surface area (Å²) in [5.41, 5.74) is 0.0386. The Hall–Kier alpha value is -0.643. The second-order valence-electron chi connectivity index (χ2n) is 12.9. The van der Waals surface area contributed by atoms with E-state index in [2.05, 4.69) is 65.6 Å². The van der Waals surface area contributed by atoms with Crippen LogP contribution in [-0.2, 0) is 13.9 Å². The molecule has 5 heteroatoms. The van der Waals surface area contributed by atoms with Crippen LogP contribution in [0.1, 0.15) is 76.8 Å². The first-order valence-electron chi connectivity index (χ1n) is 13.7. The number of aliphatic hydroxyl groups excluding tert-OH is 1. The van der Waals surface area contributed by atoms with Gasteiger partial charge in [0.1, 0.15) is 0 Å². The van der Waals surface area contributed by atoms with Crippen molar-refractivity contribution in [1.29, 1.82) is 0 Å². The van der Waals surface area contributed by atoms with Gasteiger partial charge in [0, 0.05) is 33.3 Å². The minimum atomic E-state index is -1.98. The molecule has 0 radical (unpaired) electrons. The number of aliphatic hydroxyl groups is 1. The highest BCUT2D eigenvalue weighted by Gasteiger charge is 2.58. The molecule has 0 aromatic heterocycles. The van der Waals surface area contributed by atoms with Gasteiger partial charge in [-0.25, -0.2) is 0 Å². The van der Waals surface area contributed by atoms with Crippen LogP contribution in [0.3, 0.4) is 0 Å². The fraction of sp³-hybridized carbons (Fsp3) is 0.857. The quantitative estimate of drug-likeness (QED) is 0.282. The molecule has 1 heterocycles. The van der Waals surface area contributed by atoms with Gasteiger partial charge in [-0.05, 0) is 49.2 Å². The van der Waals surface area contributed by atoms with Crippen molar-refractivity contribution in [3.63, 3.8) is 0 Å². The molecule has 3 aliphatic rings. The van der Waals surface area contributed by atoms with E-state index in [1.807, 2.05) is 0 Å². The third-order valence-corrected chi connectivity index (χ3v) is 12.9. The van der Waals surface area contributed by atoms with Crippen molar-refractivity contribution < 1.29 is 21.7 Å². The fourth-order valence-electron chi connectivity index (χ4n) is 5.20. The summed E-state index contributed by atoms with van der Waals surface area (Å²) in [5.74, 6) is 5.07. The standard InChI is InChI=1S/C28H48O4Si/c1-10-11-12-20(2)24(29)14-13-22-23-17-28(30-18-27(6,7)19-31-28)16-21(23)15-25(22)32-33(8,9)26(3,4)5/h13-14,20-25,29H,12,15-19H2,1-9H3/t20?,21-,22-,23+,24-,25-/m1/s1/i12D2. The topological polar surface area (TPSA) is 47.9 Å². The molecule has 6 atom stereocenters. The van der Waals surface area contributed by atoms with Gasteiger partial charge in [-0.3, -0.25) is 0 Å². The van der Waals surface area contributed by atoms with E-state index in [-0.39, 0.29) is 22.5 Å². The van der Waals surface area contributed by atoms with E-state index in [1.165, 1.54) is 0 Å². The molecule has 1 aliphatic heterocycles. The van der Waals surface area contributed by atoms with E-state index in [9.17, 15) is 5.11 Å². The van der Waals surface area contributed by atoms with Crippen LogP contribution in [-0.4, -0.2) is 44.6 Å². The van der Waals surface area contributed by atoms with Crippen molar-refractivity contribution >= 4 is 8.32 Å². The molecule has 1 unspecified atom stereocenters. The van der Waals surface area contributed by atoms with Crippen molar-refractivity contribution in [1.82, 2.24) is 0 Å². The first-order chi connectivity index (χ1) is 15.9. The monoisotopic (exact) mass is 478 g/mol. The van der Waals surface area contributed by atoms with E-state index < -0.39 is 32.5 Å². The Morgan fingerprint density at radius 3 is 2.45 bits per heavy atom. The Kier molecular flexibility index (Phi) is 7.13. The third kappa shape index (κ3) is 6.14. The SMILES string of the molecule is [2H]C([2H])(C#CC)C(C)[C@H](O)C=C[C@@H]1[C@H]2CC3(C[C@H]2C[C@H]1O[Si](C)(C)C(C)(C)C)OCC(C)(C)CO3. The van der Waals surface area contributed by atoms with Gasteiger partial charge in [-0.15, -0.1) is 11.8 Å². The predicted molar refractivity (Wildman–Crippen MR) is 137 cm³/mol. The Morgan fingerprint density at radius 1 is 1.24 bits per heavy atom. The maximum absolute atomic E-state index is 10.9. The highest BCUT2D eigenvalue weighted by Crippen LogP contribution is 2.57. The summed E-state index contributed by atoms with van der Waals surface area (Å²) in [4.78, 5) is 0. The number of hydrogen-bond donors (Lipinski definition) is 1. The summed E-state index contributed by atoms with van der Waals surface area (Å²) >= 11 is 0. The Labute approximate surface area is 206 Å². The minimum absolute atomic E-state index is 0.0386. The summed E-state index contributed by atoms with van der Waals surface area (Å²) < 4.78 is 36.1. The predicted octanol–water partition coefficient (Wildman–Crippen LogP) is 6.16. The number of fused-ring (bicyclic) bond motifs is 1. The molecule has 0 amide bonds. The molecule has 0 aromatic rings. The van der Waals surface area contributed by atoms with Gasteiger partial charge in [0.15, 0.2) is 14.1 Å². The van der Waals surface area contributed by atoms with Gasteiger partial charge in [0.2, 0.25) is 0 Å². The average molecular weight is 479 g/mol. The van der Waals surface area contributed by atoms with Crippen LogP contribution in [0.5, 0.6) is 0 Å². The number of hydrogen-bond acceptors (Lipinski definition) is 4. The van der Waals surface area contributed by atoms with Crippen LogP contribution >= 0.6 is 0 Å². The third-order valence-electron chi connectivity index (χ3n) is 8.36. The molecule has 3 fully saturated rings. The highest BCUT2D eigenvalue weighted by molar-refractivity contribution is 6.74. The Balaban J connectivity index is 1.82. The molecule has 188 valence electrons. The van der Waals surface area contributed by atoms with Crippen LogP contribution in [0.15, 0.2) is 12.2 Å². The van der Waals surface area contributed by atoms with E-state index >= 15 is 0 Å². The van der Waals surface area contributed by atoms with E-state index in [0.29, 0.717) is 25.0 Å². The molecule has 33 heavy (non-hydrogen) atoms. The first kappa shape index (κ1) is 24.1. The molecule has 1 spiro atoms. The maximum atomic E-state index is 10.9. The summed E-state index contributed by atoms with van der Waals surface area (Å²) in [6.45, 7) is 20.5. The van der Waals surface area contributed by atoms with Crippen LogP contribution in [0.25, 0.3) is 0 Å². The second-order valence-corrected chi connectivity index (χ2v) is 17.7. The van der Waals surface area contributed by atoms with Gasteiger partial charge < -0.3 is 19.0 Å². The molecule has 2 saturated carbocycles. The molecular weight excluding hydrogens is 428 g/mol. The summed E-state index contributed by atoms with van der Waals surface area (Å²) in [6, 6.07) is 0. The van der Waals surface area contributed by atoms with Gasteiger partial charge in [0.25, 0.3) is 0 Å². The Bertz CT molecular complexity index is 841. The molecular formula is C28H48O4Si. The molecule has 1 saturated heterocycles. The number of ether oxygens (including phenoxy) is 2. The van der Waals surface area contributed by atoms with Gasteiger partial charge >= 0.3 is 0 Å². The van der Waals surface area contributed by atoms with Crippen molar-refractivity contribution in [2.75, 3.05) is 13.2 Å². The van der Waals surface area contributed by atoms with Gasteiger partial charge in [0.05, 0.1) is 25.4 Å². The first-order valence-corrected chi connectivity index (χ1v) is 15.6. The van der Waals surface area contributed by atoms with E-state index in [1.54, 1.807) is 19.9 Å². The van der Waals surface area contributed by atoms with Crippen molar-refractivity contribution in [2.45, 2.75) is 110 Å². The molecule has 0 aromatic carbocycles. The molecule has 2 aliphatic carbocycles. The van der Waals surface area contributed by atoms with Crippen molar-refractivity contribution in [3.8, 4) is 11.8 Å². The number of rotatable bonds is 6. The van der Waals surface area contributed by atoms with E-state index in [4.69, 9.17) is 16.6 Å². The van der Waals surface area contributed by atoms with Crippen molar-refractivity contribution in [3.05, 3.63) is 12.2 Å². The molecule has 0 bridgehead atoms. The minimum Gasteiger partial charge on any atom is -0.413 e. The van der Waals surface area contributed by atoms with Gasteiger partial charge in [-0.2, -0.15) is 0 Å². The second kappa shape index (κ2) is 9.78. The van der Waals surface area contributed by atoms with Crippen LogP contribution < -0.4 is 0 Å². The van der Waals surface area contributed by atoms with Crippen LogP contribution in [0, 0.1) is 40.9 Å². The zero-order chi connectivity index (χ0) is 26.4. The van der Waals surface area contributed by atoms with Crippen LogP contribution in [0.4, 0.5) is 0 Å². The lowest BCUT2D eigenvalue weighted by atomic mass is 9.89. The zero-order valence-electron chi connectivity index (χ0n) is 24.3. The Morgan fingerprint density at radius 2 is 1.88 bits per heavy atom. The van der Waals surface area contributed by atoms with Crippen LogP contribution in [0.2, 0.25) is 18.1 Å². The molecule has 3 rings (SSSR count). The average Bonchev–Trinajstić information content (AvgIpc) is 3.21. The highest BCUT2D eigenvalue weighted by atomic mass is 28.4. The fourth-order valence-corrected chi connectivity index (χ4v) is 6.57. The molecule has 1 N–H and O–H groups in total. The van der Waals surface area contributed by atoms with E-state index in [0.717, 1.165) is 19.3 Å².